The van der Waals surface area contributed by atoms with E-state index in [1.165, 1.54) is 0 Å². The number of hydrogen-bond acceptors (Lipinski definition) is 1. The lowest BCUT2D eigenvalue weighted by Gasteiger charge is -2.31. The molecule has 0 radical (unpaired) electrons. The molecule has 0 aliphatic heterocycles. The molecule has 0 heterocycles. The second kappa shape index (κ2) is 4.88. The molecule has 0 fully saturated rings. The van der Waals surface area contributed by atoms with Gasteiger partial charge in [-0.2, -0.15) is 13.2 Å². The molecule has 0 saturated heterocycles. The Bertz CT molecular complexity index is 618. The van der Waals surface area contributed by atoms with Crippen molar-refractivity contribution in [2.24, 2.45) is 0 Å². The summed E-state index contributed by atoms with van der Waals surface area (Å²) in [6.45, 7) is 0. The summed E-state index contributed by atoms with van der Waals surface area (Å²) in [5.74, 6) is -17.9. The lowest BCUT2D eigenvalue weighted by atomic mass is 10.2. The summed E-state index contributed by atoms with van der Waals surface area (Å²) < 4.78 is 130. The number of alkyl halides is 3. The zero-order valence-corrected chi connectivity index (χ0v) is 10.5. The maximum absolute atomic E-state index is 13.2. The van der Waals surface area contributed by atoms with Gasteiger partial charge in [0, 0.05) is 5.56 Å². The van der Waals surface area contributed by atoms with Crippen molar-refractivity contribution in [2.75, 3.05) is 5.75 Å². The predicted molar refractivity (Wildman–Crippen MR) is 54.3 cm³/mol. The molecule has 0 spiro atoms. The molecule has 12 heteroatoms. The van der Waals surface area contributed by atoms with Crippen molar-refractivity contribution in [1.29, 1.82) is 0 Å². The summed E-state index contributed by atoms with van der Waals surface area (Å²) in [6, 6.07) is 0. The van der Waals surface area contributed by atoms with Gasteiger partial charge < -0.3 is 9.11 Å². The van der Waals surface area contributed by atoms with Crippen molar-refractivity contribution < 1.29 is 48.4 Å². The third-order valence-electron chi connectivity index (χ3n) is 2.19. The van der Waals surface area contributed by atoms with Crippen molar-refractivity contribution in [2.45, 2.75) is 11.9 Å². The van der Waals surface area contributed by atoms with E-state index in [2.05, 4.69) is 0 Å². The molecule has 0 unspecified atom stereocenters. The Morgan fingerprint density at radius 2 is 1.14 bits per heavy atom. The summed E-state index contributed by atoms with van der Waals surface area (Å²) in [4.78, 5) is 0. The lowest BCUT2D eigenvalue weighted by Crippen LogP contribution is -2.44. The van der Waals surface area contributed by atoms with Gasteiger partial charge in [-0.3, -0.25) is 0 Å². The highest BCUT2D eigenvalue weighted by Crippen LogP contribution is 2.34. The number of hydrogen-bond donors (Lipinski definition) is 2. The quantitative estimate of drug-likeness (QED) is 0.502. The standard InChI is InChI=1S/C9H6F8O3S/c10-4-3(5(11)7(13)8(14)6(4)12)1-21(18,19,20)2-9(15,16)17/h1-2H2,(H2,18,19,20). The van der Waals surface area contributed by atoms with Crippen LogP contribution in [0, 0.1) is 29.1 Å². The molecule has 1 aromatic carbocycles. The Morgan fingerprint density at radius 3 is 1.48 bits per heavy atom. The zero-order valence-electron chi connectivity index (χ0n) is 9.65. The molecule has 21 heavy (non-hydrogen) atoms. The average Bonchev–Trinajstić information content (AvgIpc) is 2.26. The van der Waals surface area contributed by atoms with Gasteiger partial charge in [0.1, 0.15) is 5.75 Å². The third-order valence-corrected chi connectivity index (χ3v) is 3.97. The van der Waals surface area contributed by atoms with Crippen LogP contribution >= 0.6 is 0 Å². The highest BCUT2D eigenvalue weighted by Gasteiger charge is 2.46. The first kappa shape index (κ1) is 17.8. The molecular weight excluding hydrogens is 340 g/mol. The van der Waals surface area contributed by atoms with Crippen LogP contribution < -0.4 is 0 Å². The number of halogens is 8. The summed E-state index contributed by atoms with van der Waals surface area (Å²) in [5.41, 5.74) is -2.02. The van der Waals surface area contributed by atoms with Gasteiger partial charge in [0.15, 0.2) is 23.3 Å². The van der Waals surface area contributed by atoms with Crippen LogP contribution in [-0.4, -0.2) is 25.2 Å². The Balaban J connectivity index is 3.41. The molecule has 0 atom stereocenters. The maximum atomic E-state index is 13.2. The van der Waals surface area contributed by atoms with Crippen molar-refractivity contribution in [1.82, 2.24) is 0 Å². The van der Waals surface area contributed by atoms with E-state index in [1.54, 1.807) is 0 Å². The Morgan fingerprint density at radius 1 is 0.810 bits per heavy atom. The minimum atomic E-state index is -6.72. The highest BCUT2D eigenvalue weighted by molar-refractivity contribution is 8.09. The van der Waals surface area contributed by atoms with E-state index in [9.17, 15) is 39.3 Å². The van der Waals surface area contributed by atoms with Crippen LogP contribution in [0.4, 0.5) is 35.1 Å². The van der Waals surface area contributed by atoms with Crippen LogP contribution in [0.25, 0.3) is 0 Å². The monoisotopic (exact) mass is 346 g/mol. The highest BCUT2D eigenvalue weighted by atomic mass is 32.3. The summed E-state index contributed by atoms with van der Waals surface area (Å²) in [5, 5.41) is 0. The first-order valence-electron chi connectivity index (χ1n) is 4.83. The van der Waals surface area contributed by atoms with Gasteiger partial charge in [-0.25, -0.2) is 26.2 Å². The minimum absolute atomic E-state index is 2.02. The van der Waals surface area contributed by atoms with Crippen LogP contribution in [0.15, 0.2) is 0 Å². The fourth-order valence-corrected chi connectivity index (χ4v) is 3.04. The van der Waals surface area contributed by atoms with Crippen LogP contribution in [0.5, 0.6) is 0 Å². The molecule has 0 bridgehead atoms. The first-order chi connectivity index (χ1) is 9.12. The predicted octanol–water partition coefficient (Wildman–Crippen LogP) is 3.21. The van der Waals surface area contributed by atoms with Gasteiger partial charge in [0.2, 0.25) is 5.82 Å². The van der Waals surface area contributed by atoms with Crippen LogP contribution in [-0.2, 0) is 15.4 Å². The van der Waals surface area contributed by atoms with E-state index in [1.807, 2.05) is 0 Å². The van der Waals surface area contributed by atoms with Gasteiger partial charge in [0.05, 0.1) is 15.4 Å². The van der Waals surface area contributed by atoms with Gasteiger partial charge in [0.25, 0.3) is 0 Å². The van der Waals surface area contributed by atoms with E-state index in [-0.39, 0.29) is 0 Å². The normalized spacial score (nSPS) is 14.9. The summed E-state index contributed by atoms with van der Waals surface area (Å²) in [6.07, 6.45) is -5.42. The van der Waals surface area contributed by atoms with Crippen molar-refractivity contribution >= 4 is 9.63 Å². The molecule has 3 nitrogen and oxygen atoms in total. The van der Waals surface area contributed by atoms with E-state index in [0.717, 1.165) is 0 Å². The van der Waals surface area contributed by atoms with Gasteiger partial charge in [-0.15, -0.1) is 0 Å². The first-order valence-corrected chi connectivity index (χ1v) is 7.05. The van der Waals surface area contributed by atoms with Crippen LogP contribution in [0.3, 0.4) is 0 Å². The maximum Gasteiger partial charge on any atom is 0.402 e. The molecule has 0 amide bonds. The Kier molecular flexibility index (Phi) is 4.13. The van der Waals surface area contributed by atoms with Crippen molar-refractivity contribution in [3.05, 3.63) is 34.6 Å². The molecule has 0 aliphatic rings. The Labute approximate surface area is 111 Å². The SMILES string of the molecule is O=S(O)(O)(Cc1c(F)c(F)c(F)c(F)c1F)CC(F)(F)F. The lowest BCUT2D eigenvalue weighted by molar-refractivity contribution is -0.109. The molecule has 122 valence electrons. The summed E-state index contributed by atoms with van der Waals surface area (Å²) >= 11 is 0. The van der Waals surface area contributed by atoms with Gasteiger partial charge >= 0.3 is 6.18 Å². The van der Waals surface area contributed by atoms with Gasteiger partial charge in [-0.05, 0) is 0 Å². The van der Waals surface area contributed by atoms with E-state index >= 15 is 0 Å². The molecular formula is C9H6F8O3S. The second-order valence-corrected chi connectivity index (χ2v) is 7.09. The fourth-order valence-electron chi connectivity index (χ4n) is 1.45. The van der Waals surface area contributed by atoms with Gasteiger partial charge in [-0.1, -0.05) is 0 Å². The fraction of sp³-hybridized carbons (Fsp3) is 0.333. The smallest absolute Gasteiger partial charge is 0.307 e. The molecule has 0 saturated carbocycles. The van der Waals surface area contributed by atoms with Crippen molar-refractivity contribution in [3.8, 4) is 0 Å². The van der Waals surface area contributed by atoms with Crippen molar-refractivity contribution in [3.63, 3.8) is 0 Å². The molecule has 0 aliphatic carbocycles. The molecule has 1 aromatic rings. The largest absolute Gasteiger partial charge is 0.402 e. The average molecular weight is 346 g/mol. The van der Waals surface area contributed by atoms with E-state index < -0.39 is 62.0 Å². The van der Waals surface area contributed by atoms with Crippen LogP contribution in [0.1, 0.15) is 5.56 Å². The van der Waals surface area contributed by atoms with E-state index in [0.29, 0.717) is 0 Å². The Hall–Kier alpha value is -1.27. The third kappa shape index (κ3) is 4.11. The topological polar surface area (TPSA) is 57.5 Å². The molecule has 1 rings (SSSR count). The van der Waals surface area contributed by atoms with Crippen LogP contribution in [0.2, 0.25) is 0 Å². The number of benzene rings is 1. The van der Waals surface area contributed by atoms with E-state index in [4.69, 9.17) is 9.11 Å². The number of rotatable bonds is 3. The summed E-state index contributed by atoms with van der Waals surface area (Å²) in [7, 11) is -6.72. The molecule has 2 N–H and O–H groups in total. The minimum Gasteiger partial charge on any atom is -0.307 e. The molecule has 0 aromatic heterocycles. The zero-order chi connectivity index (χ0) is 16.8. The second-order valence-electron chi connectivity index (χ2n) is 4.14.